The molecule has 0 spiro atoms. The van der Waals surface area contributed by atoms with Gasteiger partial charge in [0.2, 0.25) is 0 Å². The molecule has 0 unspecified atom stereocenters. The van der Waals surface area contributed by atoms with Crippen molar-refractivity contribution in [1.29, 1.82) is 0 Å². The average molecular weight is 344 g/mol. The molecule has 1 rings (SSSR count). The van der Waals surface area contributed by atoms with E-state index in [1.165, 1.54) is 0 Å². The lowest BCUT2D eigenvalue weighted by Gasteiger charge is -2.01. The molecule has 0 bridgehead atoms. The van der Waals surface area contributed by atoms with E-state index in [9.17, 15) is 17.1 Å². The van der Waals surface area contributed by atoms with Crippen molar-refractivity contribution in [3.63, 3.8) is 0 Å². The maximum Gasteiger partial charge on any atom is 0.436 e. The van der Waals surface area contributed by atoms with Crippen molar-refractivity contribution in [1.82, 2.24) is 8.96 Å². The summed E-state index contributed by atoms with van der Waals surface area (Å²) in [5.41, 5.74) is -1.16. The van der Waals surface area contributed by atoms with Gasteiger partial charge in [0.1, 0.15) is 4.60 Å². The standard InChI is InChI=1S/C4Br2F4N2S/c5-2-1(4(7,8)9)11-3(6)12(2)13-10. The van der Waals surface area contributed by atoms with E-state index in [2.05, 4.69) is 36.8 Å². The zero-order valence-electron chi connectivity index (χ0n) is 5.57. The third kappa shape index (κ3) is 2.18. The fourth-order valence-electron chi connectivity index (χ4n) is 0.600. The topological polar surface area (TPSA) is 17.8 Å². The van der Waals surface area contributed by atoms with Crippen molar-refractivity contribution < 1.29 is 17.1 Å². The summed E-state index contributed by atoms with van der Waals surface area (Å²) in [4.78, 5) is 3.10. The van der Waals surface area contributed by atoms with Crippen molar-refractivity contribution in [2.24, 2.45) is 0 Å². The summed E-state index contributed by atoms with van der Waals surface area (Å²) in [6.45, 7) is 0. The summed E-state index contributed by atoms with van der Waals surface area (Å²) in [6, 6.07) is 0. The van der Waals surface area contributed by atoms with Gasteiger partial charge in [-0.1, -0.05) is 0 Å². The van der Waals surface area contributed by atoms with Gasteiger partial charge in [0.25, 0.3) is 0 Å². The molecule has 0 radical (unpaired) electrons. The molecule has 2 nitrogen and oxygen atoms in total. The first-order chi connectivity index (χ1) is 5.88. The summed E-state index contributed by atoms with van der Waals surface area (Å²) < 4.78 is 48.4. The zero-order valence-corrected chi connectivity index (χ0v) is 9.56. The molecule has 13 heavy (non-hydrogen) atoms. The van der Waals surface area contributed by atoms with Crippen molar-refractivity contribution in [2.45, 2.75) is 6.18 Å². The number of hydrogen-bond donors (Lipinski definition) is 0. The van der Waals surface area contributed by atoms with Gasteiger partial charge in [-0.15, -0.1) is 3.89 Å². The van der Waals surface area contributed by atoms with E-state index in [4.69, 9.17) is 0 Å². The fourth-order valence-corrected chi connectivity index (χ4v) is 2.25. The highest BCUT2D eigenvalue weighted by Gasteiger charge is 2.38. The minimum atomic E-state index is -4.59. The summed E-state index contributed by atoms with van der Waals surface area (Å²) in [7, 11) is 0. The molecule has 0 aliphatic carbocycles. The molecule has 0 fully saturated rings. The molecule has 0 amide bonds. The lowest BCUT2D eigenvalue weighted by molar-refractivity contribution is -0.141. The third-order valence-electron chi connectivity index (χ3n) is 1.08. The number of alkyl halides is 3. The highest BCUT2D eigenvalue weighted by Crippen LogP contribution is 2.37. The molecule has 0 aromatic carbocycles. The Hall–Kier alpha value is 0.240. The highest BCUT2D eigenvalue weighted by molar-refractivity contribution is 9.11. The van der Waals surface area contributed by atoms with Crippen LogP contribution in [0.15, 0.2) is 9.34 Å². The Kier molecular flexibility index (Phi) is 3.29. The van der Waals surface area contributed by atoms with Crippen LogP contribution in [0.25, 0.3) is 0 Å². The Balaban J connectivity index is 3.26. The van der Waals surface area contributed by atoms with Crippen molar-refractivity contribution in [2.75, 3.05) is 0 Å². The Morgan fingerprint density at radius 1 is 1.31 bits per heavy atom. The molecule has 74 valence electrons. The molecular weight excluding hydrogens is 344 g/mol. The Morgan fingerprint density at radius 2 is 1.85 bits per heavy atom. The smallest absolute Gasteiger partial charge is 0.225 e. The van der Waals surface area contributed by atoms with Crippen molar-refractivity contribution >= 4 is 44.2 Å². The maximum absolute atomic E-state index is 12.1. The van der Waals surface area contributed by atoms with Gasteiger partial charge in [-0.2, -0.15) is 13.2 Å². The van der Waals surface area contributed by atoms with Gasteiger partial charge in [-0.3, -0.25) is 0 Å². The number of nitrogens with zero attached hydrogens (tertiary/aromatic N) is 2. The van der Waals surface area contributed by atoms with E-state index in [1.807, 2.05) is 0 Å². The van der Waals surface area contributed by atoms with E-state index in [0.717, 1.165) is 0 Å². The second-order valence-electron chi connectivity index (χ2n) is 1.88. The van der Waals surface area contributed by atoms with Gasteiger partial charge in [-0.05, 0) is 31.9 Å². The molecule has 1 aromatic heterocycles. The predicted molar refractivity (Wildman–Crippen MR) is 46.7 cm³/mol. The Labute approximate surface area is 91.4 Å². The van der Waals surface area contributed by atoms with Crippen LogP contribution in [0.3, 0.4) is 0 Å². The number of rotatable bonds is 1. The lowest BCUT2D eigenvalue weighted by Crippen LogP contribution is -2.06. The first kappa shape index (κ1) is 11.3. The van der Waals surface area contributed by atoms with Crippen LogP contribution in [0.5, 0.6) is 0 Å². The number of hydrogen-bond acceptors (Lipinski definition) is 2. The molecular formula is C4Br2F4N2S. The number of halogens is 6. The van der Waals surface area contributed by atoms with Crippen LogP contribution in [0, 0.1) is 0 Å². The monoisotopic (exact) mass is 342 g/mol. The van der Waals surface area contributed by atoms with Gasteiger partial charge < -0.3 is 0 Å². The largest absolute Gasteiger partial charge is 0.436 e. The van der Waals surface area contributed by atoms with Crippen LogP contribution < -0.4 is 0 Å². The molecule has 0 saturated carbocycles. The van der Waals surface area contributed by atoms with Gasteiger partial charge in [0.05, 0.1) is 0 Å². The molecule has 0 aliphatic heterocycles. The van der Waals surface area contributed by atoms with E-state index in [1.54, 1.807) is 0 Å². The number of aromatic nitrogens is 2. The van der Waals surface area contributed by atoms with Crippen LogP contribution in [-0.4, -0.2) is 8.96 Å². The van der Waals surface area contributed by atoms with Gasteiger partial charge in [-0.25, -0.2) is 8.96 Å². The second kappa shape index (κ2) is 3.77. The Bertz CT molecular complexity index is 323. The van der Waals surface area contributed by atoms with Gasteiger partial charge in [0.15, 0.2) is 22.8 Å². The van der Waals surface area contributed by atoms with Crippen LogP contribution in [0.2, 0.25) is 0 Å². The first-order valence-corrected chi connectivity index (χ1v) is 4.94. The quantitative estimate of drug-likeness (QED) is 0.722. The van der Waals surface area contributed by atoms with Crippen LogP contribution in [0.4, 0.5) is 17.1 Å². The molecule has 1 aromatic rings. The molecule has 0 N–H and O–H groups in total. The molecule has 1 heterocycles. The van der Waals surface area contributed by atoms with E-state index >= 15 is 0 Å². The van der Waals surface area contributed by atoms with Crippen LogP contribution in [-0.2, 0) is 6.18 Å². The van der Waals surface area contributed by atoms with E-state index in [-0.39, 0.29) is 17.1 Å². The fraction of sp³-hybridized carbons (Fsp3) is 0.250. The zero-order chi connectivity index (χ0) is 10.2. The second-order valence-corrected chi connectivity index (χ2v) is 3.84. The maximum atomic E-state index is 12.1. The van der Waals surface area contributed by atoms with E-state index in [0.29, 0.717) is 3.97 Å². The third-order valence-corrected chi connectivity index (χ3v) is 3.31. The summed E-state index contributed by atoms with van der Waals surface area (Å²) in [6.07, 6.45) is -4.59. The summed E-state index contributed by atoms with van der Waals surface area (Å²) in [5.74, 6) is 0. The summed E-state index contributed by atoms with van der Waals surface area (Å²) >= 11 is 4.89. The normalized spacial score (nSPS) is 12.2. The first-order valence-electron chi connectivity index (χ1n) is 2.68. The lowest BCUT2D eigenvalue weighted by atomic mass is 10.5. The number of imidazole rings is 1. The Morgan fingerprint density at radius 3 is 2.08 bits per heavy atom. The van der Waals surface area contributed by atoms with Crippen LogP contribution >= 0.6 is 44.2 Å². The molecule has 0 atom stereocenters. The molecule has 0 aliphatic rings. The van der Waals surface area contributed by atoms with Crippen LogP contribution in [0.1, 0.15) is 5.69 Å². The van der Waals surface area contributed by atoms with Gasteiger partial charge >= 0.3 is 6.18 Å². The van der Waals surface area contributed by atoms with Gasteiger partial charge in [0, 0.05) is 0 Å². The SMILES string of the molecule is FSn1c(Br)nc(C(F)(F)F)c1Br. The highest BCUT2D eigenvalue weighted by atomic mass is 79.9. The minimum absolute atomic E-state index is 0.237. The predicted octanol–water partition coefficient (Wildman–Crippen LogP) is 3.81. The van der Waals surface area contributed by atoms with Crippen molar-refractivity contribution in [3.05, 3.63) is 15.0 Å². The average Bonchev–Trinajstić information content (AvgIpc) is 2.25. The van der Waals surface area contributed by atoms with E-state index < -0.39 is 16.5 Å². The molecule has 9 heteroatoms. The minimum Gasteiger partial charge on any atom is -0.225 e. The van der Waals surface area contributed by atoms with Crippen molar-refractivity contribution in [3.8, 4) is 0 Å². The molecule has 0 saturated heterocycles. The summed E-state index contributed by atoms with van der Waals surface area (Å²) in [5, 5.41) is 0.